The van der Waals surface area contributed by atoms with Crippen LogP contribution in [0.2, 0.25) is 0 Å². The van der Waals surface area contributed by atoms with Crippen LogP contribution in [0.25, 0.3) is 10.9 Å². The number of hydrogen-bond acceptors (Lipinski definition) is 3. The lowest BCUT2D eigenvalue weighted by molar-refractivity contribution is -0.140. The molecule has 6 nitrogen and oxygen atoms in total. The average molecular weight is 354 g/mol. The molecule has 1 aromatic heterocycles. The zero-order chi connectivity index (χ0) is 18.1. The Morgan fingerprint density at radius 1 is 1.23 bits per heavy atom. The summed E-state index contributed by atoms with van der Waals surface area (Å²) in [6.07, 6.45) is 4.74. The Morgan fingerprint density at radius 2 is 2.04 bits per heavy atom. The van der Waals surface area contributed by atoms with Gasteiger partial charge in [0.05, 0.1) is 6.54 Å². The number of likely N-dealkylation sites (tertiary alicyclic amines) is 1. The van der Waals surface area contributed by atoms with Crippen LogP contribution in [0.3, 0.4) is 0 Å². The predicted octanol–water partition coefficient (Wildman–Crippen LogP) is 1.45. The van der Waals surface area contributed by atoms with E-state index in [-0.39, 0.29) is 18.4 Å². The van der Waals surface area contributed by atoms with Crippen molar-refractivity contribution < 1.29 is 9.59 Å². The highest BCUT2D eigenvalue weighted by molar-refractivity contribution is 5.85. The molecule has 2 atom stereocenters. The second-order valence-corrected chi connectivity index (χ2v) is 7.50. The van der Waals surface area contributed by atoms with Crippen molar-refractivity contribution in [3.63, 3.8) is 0 Å². The highest BCUT2D eigenvalue weighted by Gasteiger charge is 2.34. The van der Waals surface area contributed by atoms with Crippen LogP contribution in [0.4, 0.5) is 0 Å². The normalized spacial score (nSPS) is 22.7. The number of nitrogens with zero attached hydrogens (tertiary/aromatic N) is 3. The van der Waals surface area contributed by atoms with Gasteiger partial charge in [-0.3, -0.25) is 9.59 Å². The molecule has 0 radical (unpaired) electrons. The Balaban J connectivity index is 1.33. The van der Waals surface area contributed by atoms with Crippen molar-refractivity contribution in [1.82, 2.24) is 19.7 Å². The van der Waals surface area contributed by atoms with E-state index in [9.17, 15) is 9.59 Å². The van der Waals surface area contributed by atoms with Crippen LogP contribution in [0, 0.1) is 0 Å². The van der Waals surface area contributed by atoms with Crippen LogP contribution >= 0.6 is 0 Å². The van der Waals surface area contributed by atoms with Gasteiger partial charge >= 0.3 is 0 Å². The second-order valence-electron chi connectivity index (χ2n) is 7.50. The Kier molecular flexibility index (Phi) is 4.68. The van der Waals surface area contributed by atoms with Crippen LogP contribution in [-0.2, 0) is 16.1 Å². The molecule has 0 spiro atoms. The highest BCUT2D eigenvalue weighted by atomic mass is 16.2. The van der Waals surface area contributed by atoms with Gasteiger partial charge in [0.1, 0.15) is 0 Å². The molecule has 2 amide bonds. The molecular weight excluding hydrogens is 328 g/mol. The molecule has 2 bridgehead atoms. The Labute approximate surface area is 153 Å². The van der Waals surface area contributed by atoms with Crippen LogP contribution in [0.15, 0.2) is 36.5 Å². The van der Waals surface area contributed by atoms with Crippen molar-refractivity contribution in [2.45, 2.75) is 37.9 Å². The van der Waals surface area contributed by atoms with E-state index in [0.717, 1.165) is 19.4 Å². The van der Waals surface area contributed by atoms with Crippen LogP contribution < -0.4 is 5.32 Å². The number of fused-ring (bicyclic) bond motifs is 3. The fourth-order valence-corrected chi connectivity index (χ4v) is 4.07. The second kappa shape index (κ2) is 7.11. The van der Waals surface area contributed by atoms with E-state index in [4.69, 9.17) is 0 Å². The van der Waals surface area contributed by atoms with Gasteiger partial charge in [-0.15, -0.1) is 0 Å². The van der Waals surface area contributed by atoms with Crippen molar-refractivity contribution in [3.8, 4) is 0 Å². The molecule has 2 aliphatic rings. The van der Waals surface area contributed by atoms with Gasteiger partial charge in [0.2, 0.25) is 11.8 Å². The summed E-state index contributed by atoms with van der Waals surface area (Å²) in [5.41, 5.74) is 1.18. The molecule has 2 saturated heterocycles. The van der Waals surface area contributed by atoms with Gasteiger partial charge < -0.3 is 19.7 Å². The summed E-state index contributed by atoms with van der Waals surface area (Å²) < 4.78 is 2.17. The van der Waals surface area contributed by atoms with E-state index in [1.165, 1.54) is 10.9 Å². The first-order valence-electron chi connectivity index (χ1n) is 9.42. The molecule has 2 aliphatic heterocycles. The van der Waals surface area contributed by atoms with E-state index in [0.29, 0.717) is 31.6 Å². The standard InChI is InChI=1S/C20H26N4O2/c1-22(10-11-23-9-8-15-4-2-3-5-18(15)23)20(26)14-24-13-17-7-6-16(21-17)12-19(24)25/h2-5,8-9,16-17,21H,6-7,10-14H2,1H3. The van der Waals surface area contributed by atoms with E-state index in [1.807, 2.05) is 19.2 Å². The molecule has 2 aromatic rings. The number of rotatable bonds is 5. The number of likely N-dealkylation sites (N-methyl/N-ethyl adjacent to an activating group) is 1. The van der Waals surface area contributed by atoms with E-state index in [2.05, 4.69) is 34.3 Å². The maximum Gasteiger partial charge on any atom is 0.241 e. The fourth-order valence-electron chi connectivity index (χ4n) is 4.07. The third-order valence-electron chi connectivity index (χ3n) is 5.66. The molecular formula is C20H26N4O2. The predicted molar refractivity (Wildman–Crippen MR) is 101 cm³/mol. The number of benzene rings is 1. The average Bonchev–Trinajstić information content (AvgIpc) is 3.21. The van der Waals surface area contributed by atoms with E-state index >= 15 is 0 Å². The number of aromatic nitrogens is 1. The number of hydrogen-bond donors (Lipinski definition) is 1. The first kappa shape index (κ1) is 17.1. The lowest BCUT2D eigenvalue weighted by Gasteiger charge is -2.26. The Bertz CT molecular complexity index is 815. The maximum atomic E-state index is 12.6. The lowest BCUT2D eigenvalue weighted by atomic mass is 10.1. The van der Waals surface area contributed by atoms with Crippen LogP contribution in [-0.4, -0.2) is 64.9 Å². The molecule has 1 aromatic carbocycles. The minimum absolute atomic E-state index is 0.00702. The maximum absolute atomic E-state index is 12.6. The van der Waals surface area contributed by atoms with Gasteiger partial charge in [0, 0.05) is 56.9 Å². The van der Waals surface area contributed by atoms with Gasteiger partial charge in [0.15, 0.2) is 0 Å². The summed E-state index contributed by atoms with van der Waals surface area (Å²) in [7, 11) is 1.82. The number of amides is 2. The number of nitrogens with one attached hydrogen (secondary N) is 1. The van der Waals surface area contributed by atoms with Gasteiger partial charge in [0.25, 0.3) is 0 Å². The number of carbonyl (C=O) groups excluding carboxylic acids is 2. The molecule has 2 unspecified atom stereocenters. The summed E-state index contributed by atoms with van der Waals surface area (Å²) >= 11 is 0. The molecule has 4 rings (SSSR count). The molecule has 2 fully saturated rings. The number of para-hydroxylation sites is 1. The zero-order valence-corrected chi connectivity index (χ0v) is 15.2. The zero-order valence-electron chi connectivity index (χ0n) is 15.2. The number of carbonyl (C=O) groups is 2. The minimum Gasteiger partial charge on any atom is -0.346 e. The highest BCUT2D eigenvalue weighted by Crippen LogP contribution is 2.21. The molecule has 3 heterocycles. The van der Waals surface area contributed by atoms with E-state index in [1.54, 1.807) is 9.80 Å². The topological polar surface area (TPSA) is 57.6 Å². The molecule has 138 valence electrons. The lowest BCUT2D eigenvalue weighted by Crippen LogP contribution is -2.45. The summed E-state index contributed by atoms with van der Waals surface area (Å²) in [4.78, 5) is 28.4. The summed E-state index contributed by atoms with van der Waals surface area (Å²) in [5.74, 6) is 0.107. The third kappa shape index (κ3) is 3.46. The minimum atomic E-state index is 0.00702. The molecule has 26 heavy (non-hydrogen) atoms. The van der Waals surface area contributed by atoms with Gasteiger partial charge in [-0.05, 0) is 30.4 Å². The molecule has 0 aliphatic carbocycles. The fraction of sp³-hybridized carbons (Fsp3) is 0.500. The smallest absolute Gasteiger partial charge is 0.241 e. The third-order valence-corrected chi connectivity index (χ3v) is 5.66. The molecule has 0 saturated carbocycles. The molecule has 1 N–H and O–H groups in total. The van der Waals surface area contributed by atoms with Crippen LogP contribution in [0.1, 0.15) is 19.3 Å². The van der Waals surface area contributed by atoms with Crippen molar-refractivity contribution in [2.75, 3.05) is 26.7 Å². The molecule has 6 heteroatoms. The van der Waals surface area contributed by atoms with Crippen molar-refractivity contribution in [2.24, 2.45) is 0 Å². The Morgan fingerprint density at radius 3 is 2.92 bits per heavy atom. The Hall–Kier alpha value is -2.34. The van der Waals surface area contributed by atoms with Gasteiger partial charge in [-0.1, -0.05) is 18.2 Å². The summed E-state index contributed by atoms with van der Waals surface area (Å²) in [6, 6.07) is 11.0. The van der Waals surface area contributed by atoms with Crippen LogP contribution in [0.5, 0.6) is 0 Å². The SMILES string of the molecule is CN(CCn1ccc2ccccc21)C(=O)CN1CC2CCC(CC1=O)N2. The summed E-state index contributed by atoms with van der Waals surface area (Å²) in [6.45, 7) is 2.21. The quantitative estimate of drug-likeness (QED) is 0.884. The van der Waals surface area contributed by atoms with Crippen molar-refractivity contribution in [3.05, 3.63) is 36.5 Å². The monoisotopic (exact) mass is 354 g/mol. The largest absolute Gasteiger partial charge is 0.346 e. The van der Waals surface area contributed by atoms with E-state index < -0.39 is 0 Å². The first-order valence-corrected chi connectivity index (χ1v) is 9.42. The summed E-state index contributed by atoms with van der Waals surface area (Å²) in [5, 5.41) is 4.69. The van der Waals surface area contributed by atoms with Gasteiger partial charge in [-0.25, -0.2) is 0 Å². The van der Waals surface area contributed by atoms with Crippen molar-refractivity contribution >= 4 is 22.7 Å². The van der Waals surface area contributed by atoms with Gasteiger partial charge in [-0.2, -0.15) is 0 Å². The van der Waals surface area contributed by atoms with Crippen molar-refractivity contribution in [1.29, 1.82) is 0 Å². The first-order chi connectivity index (χ1) is 12.6.